The van der Waals surface area contributed by atoms with Gasteiger partial charge < -0.3 is 34.1 Å². The maximum Gasteiger partial charge on any atom is 3.00 e. The van der Waals surface area contributed by atoms with E-state index in [2.05, 4.69) is 4.43 Å². The summed E-state index contributed by atoms with van der Waals surface area (Å²) in [6.45, 7) is 1.37. The third kappa shape index (κ3) is 59.5. The zero-order chi connectivity index (χ0) is 9.49. The maximum absolute atomic E-state index is 9.51. The van der Waals surface area contributed by atoms with Crippen molar-refractivity contribution in [1.82, 2.24) is 0 Å². The summed E-state index contributed by atoms with van der Waals surface area (Å²) < 4.78 is 3.70. The Morgan fingerprint density at radius 2 is 1.54 bits per heavy atom. The van der Waals surface area contributed by atoms with Crippen LogP contribution in [0.2, 0.25) is 0 Å². The van der Waals surface area contributed by atoms with E-state index in [-0.39, 0.29) is 75.4 Å². The van der Waals surface area contributed by atoms with E-state index < -0.39 is 14.1 Å². The van der Waals surface area contributed by atoms with Gasteiger partial charge in [-0.25, -0.2) is 0 Å². The van der Waals surface area contributed by atoms with Crippen LogP contribution in [0.1, 0.15) is 6.92 Å². The Kier molecular flexibility index (Phi) is 24.7. The van der Waals surface area contributed by atoms with Crippen molar-refractivity contribution >= 4 is 26.4 Å². The summed E-state index contributed by atoms with van der Waals surface area (Å²) in [5, 5.41) is 14.8. The Balaban J connectivity index is -0.0000000600. The zero-order valence-electron chi connectivity index (χ0n) is 7.09. The molecule has 0 amide bonds. The minimum atomic E-state index is -4.91. The van der Waals surface area contributed by atoms with Gasteiger partial charge in [0.25, 0.3) is 0 Å². The Bertz CT molecular complexity index is 116. The van der Waals surface area contributed by atoms with Gasteiger partial charge in [-0.1, -0.05) is 0 Å². The van der Waals surface area contributed by atoms with Crippen molar-refractivity contribution in [3.63, 3.8) is 0 Å². The van der Waals surface area contributed by atoms with E-state index in [0.717, 1.165) is 0 Å². The van der Waals surface area contributed by atoms with Crippen molar-refractivity contribution in [3.8, 4) is 0 Å². The topological polar surface area (TPSA) is 145 Å². The molecule has 0 atom stereocenters. The molecule has 13 heavy (non-hydrogen) atoms. The standard InChI is InChI=1S/C2H5O4Si.Al.K.NO3/c1-2-6-7(3,4)5;;;2-1(3)4/h2H2,1H3;;;/q-3;+3;+1;-1. The van der Waals surface area contributed by atoms with Crippen molar-refractivity contribution in [3.05, 3.63) is 15.3 Å². The van der Waals surface area contributed by atoms with Gasteiger partial charge >= 0.3 is 68.7 Å². The second-order valence-corrected chi connectivity index (χ2v) is 2.45. The summed E-state index contributed by atoms with van der Waals surface area (Å²) in [6.07, 6.45) is 0. The average Bonchev–Trinajstić information content (AvgIpc) is 1.58. The van der Waals surface area contributed by atoms with E-state index in [4.69, 9.17) is 15.3 Å². The van der Waals surface area contributed by atoms with E-state index in [1.165, 1.54) is 6.92 Å². The van der Waals surface area contributed by atoms with Crippen LogP contribution in [0.15, 0.2) is 0 Å². The van der Waals surface area contributed by atoms with Crippen LogP contribution in [-0.4, -0.2) is 38.1 Å². The van der Waals surface area contributed by atoms with Gasteiger partial charge in [0.2, 0.25) is 0 Å². The molecule has 8 nitrogen and oxygen atoms in total. The van der Waals surface area contributed by atoms with Gasteiger partial charge in [-0.15, -0.1) is 9.05 Å². The normalized spacial score (nSPS) is 8.31. The first-order valence-corrected chi connectivity index (χ1v) is 3.99. The fraction of sp³-hybridized carbons (Fsp3) is 1.00. The molecule has 0 aliphatic heterocycles. The molecule has 0 unspecified atom stereocenters. The molecule has 68 valence electrons. The first-order valence-electron chi connectivity index (χ1n) is 2.36. The van der Waals surface area contributed by atoms with Crippen molar-refractivity contribution in [2.24, 2.45) is 0 Å². The van der Waals surface area contributed by atoms with E-state index >= 15 is 0 Å². The molecular formula is C2H5AlKNO7Si. The SMILES string of the molecule is CCO[Si]([O-])([O-])[O-].O=[N+]([O-])[O-].[Al+3].[K+]. The zero-order valence-corrected chi connectivity index (χ0v) is 12.4. The second kappa shape index (κ2) is 13.4. The smallest absolute Gasteiger partial charge is 0.861 e. The average molecular weight is 249 g/mol. The van der Waals surface area contributed by atoms with Crippen LogP contribution in [0.25, 0.3) is 0 Å². The van der Waals surface area contributed by atoms with E-state index in [9.17, 15) is 14.4 Å². The third-order valence-electron chi connectivity index (χ3n) is 0.321. The minimum Gasteiger partial charge on any atom is -0.861 e. The van der Waals surface area contributed by atoms with E-state index in [1.54, 1.807) is 0 Å². The van der Waals surface area contributed by atoms with Crippen molar-refractivity contribution in [1.29, 1.82) is 0 Å². The fourth-order valence-electron chi connectivity index (χ4n) is 0.177. The number of nitrogens with zero attached hydrogens (tertiary/aromatic N) is 1. The van der Waals surface area contributed by atoms with Crippen molar-refractivity contribution < 1.29 is 75.3 Å². The summed E-state index contributed by atoms with van der Waals surface area (Å²) in [5.74, 6) is 0. The van der Waals surface area contributed by atoms with E-state index in [0.29, 0.717) is 0 Å². The molecule has 0 aromatic rings. The predicted octanol–water partition coefficient (Wildman–Crippen LogP) is -7.08. The van der Waals surface area contributed by atoms with Gasteiger partial charge in [-0.2, -0.15) is 0 Å². The Labute approximate surface area is 129 Å². The van der Waals surface area contributed by atoms with Gasteiger partial charge in [-0.05, 0) is 6.92 Å². The summed E-state index contributed by atoms with van der Waals surface area (Å²) >= 11 is 0. The van der Waals surface area contributed by atoms with Gasteiger partial charge in [0.05, 0.1) is 5.09 Å². The largest absolute Gasteiger partial charge is 3.00 e. The molecule has 0 saturated heterocycles. The van der Waals surface area contributed by atoms with Crippen LogP contribution in [-0.2, 0) is 4.43 Å². The summed E-state index contributed by atoms with van der Waals surface area (Å²) in [4.78, 5) is 36.8. The molecule has 0 fully saturated rings. The van der Waals surface area contributed by atoms with Crippen LogP contribution in [0.4, 0.5) is 0 Å². The second-order valence-electron chi connectivity index (χ2n) is 1.16. The predicted molar refractivity (Wildman–Crippen MR) is 33.5 cm³/mol. The molecule has 0 radical (unpaired) electrons. The summed E-state index contributed by atoms with van der Waals surface area (Å²) in [5.41, 5.74) is 0. The molecule has 0 aromatic heterocycles. The van der Waals surface area contributed by atoms with E-state index in [1.807, 2.05) is 0 Å². The van der Waals surface area contributed by atoms with Crippen LogP contribution >= 0.6 is 0 Å². The molecule has 0 aromatic carbocycles. The fourth-order valence-corrected chi connectivity index (χ4v) is 0.530. The van der Waals surface area contributed by atoms with Crippen LogP contribution in [0, 0.1) is 15.3 Å². The molecule has 0 saturated carbocycles. The summed E-state index contributed by atoms with van der Waals surface area (Å²) in [6, 6.07) is 0. The first kappa shape index (κ1) is 23.9. The monoisotopic (exact) mass is 249 g/mol. The minimum absolute atomic E-state index is 0. The Hall–Kier alpha value is 1.43. The molecule has 0 aliphatic carbocycles. The molecule has 0 aliphatic rings. The number of hydrogen-bond acceptors (Lipinski definition) is 7. The molecule has 0 heterocycles. The first-order chi connectivity index (χ1) is 4.79. The van der Waals surface area contributed by atoms with Crippen LogP contribution in [0.3, 0.4) is 0 Å². The maximum atomic E-state index is 9.51. The quantitative estimate of drug-likeness (QED) is 0.268. The number of rotatable bonds is 2. The van der Waals surface area contributed by atoms with Crippen molar-refractivity contribution in [2.45, 2.75) is 6.92 Å². The molecular weight excluding hydrogens is 244 g/mol. The van der Waals surface area contributed by atoms with Crippen LogP contribution < -0.4 is 65.8 Å². The number of hydrogen-bond donors (Lipinski definition) is 0. The van der Waals surface area contributed by atoms with Gasteiger partial charge in [-0.3, -0.25) is 0 Å². The van der Waals surface area contributed by atoms with Crippen molar-refractivity contribution in [2.75, 3.05) is 6.61 Å². The summed E-state index contributed by atoms with van der Waals surface area (Å²) in [7, 11) is -4.91. The van der Waals surface area contributed by atoms with Crippen LogP contribution in [0.5, 0.6) is 0 Å². The molecule has 0 rings (SSSR count). The molecule has 0 N–H and O–H groups in total. The molecule has 0 spiro atoms. The third-order valence-corrected chi connectivity index (χ3v) is 0.963. The van der Waals surface area contributed by atoms with Gasteiger partial charge in [0.15, 0.2) is 0 Å². The molecule has 0 bridgehead atoms. The van der Waals surface area contributed by atoms with Gasteiger partial charge in [0, 0.05) is 6.61 Å². The Morgan fingerprint density at radius 1 is 1.31 bits per heavy atom. The molecule has 11 heteroatoms. The van der Waals surface area contributed by atoms with Gasteiger partial charge in [0.1, 0.15) is 0 Å². The Morgan fingerprint density at radius 3 is 1.54 bits per heavy atom.